The van der Waals surface area contributed by atoms with Crippen LogP contribution in [0.15, 0.2) is 0 Å². The Hall–Kier alpha value is -1.65. The summed E-state index contributed by atoms with van der Waals surface area (Å²) in [5.74, 6) is 1.32. The molecule has 14 heavy (non-hydrogen) atoms. The Morgan fingerprint density at radius 2 is 1.86 bits per heavy atom. The zero-order chi connectivity index (χ0) is 10.5. The molecule has 5 nitrogen and oxygen atoms in total. The molecule has 2 heterocycles. The van der Waals surface area contributed by atoms with Gasteiger partial charge in [0.05, 0.1) is 0 Å². The van der Waals surface area contributed by atoms with Crippen molar-refractivity contribution in [1.29, 1.82) is 0 Å². The van der Waals surface area contributed by atoms with E-state index in [-0.39, 0.29) is 0 Å². The van der Waals surface area contributed by atoms with Crippen molar-refractivity contribution in [3.05, 3.63) is 22.5 Å². The number of fused-ring (bicyclic) bond motifs is 1. The first-order valence-corrected chi connectivity index (χ1v) is 4.42. The Bertz CT molecular complexity index is 515. The lowest BCUT2D eigenvalue weighted by Gasteiger charge is -2.06. The largest absolute Gasteiger partial charge is 0.710 e. The first-order valence-electron chi connectivity index (χ1n) is 4.42. The van der Waals surface area contributed by atoms with E-state index in [1.165, 1.54) is 0 Å². The molecule has 0 N–H and O–H groups in total. The zero-order valence-corrected chi connectivity index (χ0v) is 8.70. The van der Waals surface area contributed by atoms with Crippen LogP contribution in [0.2, 0.25) is 0 Å². The van der Waals surface area contributed by atoms with E-state index in [1.54, 1.807) is 13.8 Å². The molecule has 2 rings (SSSR count). The SMILES string of the molecule is Cc1nc2c(C)[n+]([O-])c(C)nc2n1C. The van der Waals surface area contributed by atoms with Gasteiger partial charge in [0.25, 0.3) is 5.65 Å². The highest BCUT2D eigenvalue weighted by atomic mass is 16.5. The third kappa shape index (κ3) is 0.982. The molecule has 5 heteroatoms. The van der Waals surface area contributed by atoms with E-state index in [1.807, 2.05) is 18.5 Å². The van der Waals surface area contributed by atoms with Crippen molar-refractivity contribution in [2.45, 2.75) is 20.8 Å². The molecule has 0 aliphatic carbocycles. The summed E-state index contributed by atoms with van der Waals surface area (Å²) in [7, 11) is 1.89. The van der Waals surface area contributed by atoms with Crippen molar-refractivity contribution >= 4 is 11.2 Å². The topological polar surface area (TPSA) is 57.6 Å². The van der Waals surface area contributed by atoms with Crippen LogP contribution in [0.25, 0.3) is 11.2 Å². The lowest BCUT2D eigenvalue weighted by Crippen LogP contribution is -2.35. The van der Waals surface area contributed by atoms with Gasteiger partial charge in [0.1, 0.15) is 11.5 Å². The maximum atomic E-state index is 11.5. The summed E-state index contributed by atoms with van der Waals surface area (Å²) < 4.78 is 2.70. The molecule has 0 unspecified atom stereocenters. The van der Waals surface area contributed by atoms with Crippen LogP contribution in [0.3, 0.4) is 0 Å². The van der Waals surface area contributed by atoms with Crippen LogP contribution in [-0.2, 0) is 7.05 Å². The first kappa shape index (κ1) is 8.93. The summed E-state index contributed by atoms with van der Waals surface area (Å²) in [6.45, 7) is 5.35. The van der Waals surface area contributed by atoms with Gasteiger partial charge in [-0.25, -0.2) is 9.71 Å². The Morgan fingerprint density at radius 3 is 2.50 bits per heavy atom. The van der Waals surface area contributed by atoms with Crippen molar-refractivity contribution in [3.8, 4) is 0 Å². The van der Waals surface area contributed by atoms with Crippen LogP contribution >= 0.6 is 0 Å². The summed E-state index contributed by atoms with van der Waals surface area (Å²) in [6.07, 6.45) is 0. The monoisotopic (exact) mass is 192 g/mol. The van der Waals surface area contributed by atoms with Crippen LogP contribution in [0, 0.1) is 26.0 Å². The number of hydrogen-bond acceptors (Lipinski definition) is 3. The molecule has 0 spiro atoms. The van der Waals surface area contributed by atoms with Gasteiger partial charge < -0.3 is 5.21 Å². The number of nitrogens with zero attached hydrogens (tertiary/aromatic N) is 4. The highest BCUT2D eigenvalue weighted by molar-refractivity contribution is 5.72. The Kier molecular flexibility index (Phi) is 1.70. The van der Waals surface area contributed by atoms with Crippen LogP contribution < -0.4 is 4.73 Å². The van der Waals surface area contributed by atoms with Crippen molar-refractivity contribution in [3.63, 3.8) is 0 Å². The molecule has 0 amide bonds. The summed E-state index contributed by atoms with van der Waals surface area (Å²) in [4.78, 5) is 8.50. The quantitative estimate of drug-likeness (QED) is 0.452. The van der Waals surface area contributed by atoms with Gasteiger partial charge in [-0.05, 0) is 11.9 Å². The molecule has 0 saturated heterocycles. The summed E-state index contributed by atoms with van der Waals surface area (Å²) >= 11 is 0. The molecular formula is C9H12N4O. The van der Waals surface area contributed by atoms with Gasteiger partial charge in [0.2, 0.25) is 0 Å². The number of aryl methyl sites for hydroxylation is 4. The van der Waals surface area contributed by atoms with Gasteiger partial charge in [-0.3, -0.25) is 4.57 Å². The number of imidazole rings is 1. The van der Waals surface area contributed by atoms with E-state index < -0.39 is 0 Å². The van der Waals surface area contributed by atoms with Gasteiger partial charge >= 0.3 is 5.82 Å². The average molecular weight is 192 g/mol. The highest BCUT2D eigenvalue weighted by Gasteiger charge is 2.17. The second-order valence-electron chi connectivity index (χ2n) is 3.43. The molecule has 2 aromatic rings. The van der Waals surface area contributed by atoms with Crippen LogP contribution in [0.5, 0.6) is 0 Å². The van der Waals surface area contributed by atoms with Crippen molar-refractivity contribution in [2.75, 3.05) is 0 Å². The van der Waals surface area contributed by atoms with Gasteiger partial charge in [-0.15, -0.1) is 0 Å². The van der Waals surface area contributed by atoms with E-state index in [9.17, 15) is 5.21 Å². The molecule has 0 atom stereocenters. The van der Waals surface area contributed by atoms with E-state index in [0.717, 1.165) is 16.2 Å². The lowest BCUT2D eigenvalue weighted by atomic mass is 10.4. The second kappa shape index (κ2) is 2.67. The van der Waals surface area contributed by atoms with E-state index in [4.69, 9.17) is 0 Å². The van der Waals surface area contributed by atoms with Crippen LogP contribution in [-0.4, -0.2) is 14.5 Å². The first-order chi connectivity index (χ1) is 6.52. The molecule has 2 aromatic heterocycles. The summed E-state index contributed by atoms with van der Waals surface area (Å²) in [6, 6.07) is 0. The molecule has 0 aliphatic heterocycles. The molecular weight excluding hydrogens is 180 g/mol. The predicted molar refractivity (Wildman–Crippen MR) is 51.7 cm³/mol. The number of rotatable bonds is 0. The summed E-state index contributed by atoms with van der Waals surface area (Å²) in [5, 5.41) is 11.5. The van der Waals surface area contributed by atoms with Crippen molar-refractivity contribution < 1.29 is 4.73 Å². The number of hydrogen-bond donors (Lipinski definition) is 0. The standard InChI is InChI=1S/C9H12N4O/c1-5-8-9(11-7(3)13(5)14)12(4)6(2)10-8/h1-4H3. The van der Waals surface area contributed by atoms with Gasteiger partial charge in [0, 0.05) is 20.9 Å². The molecule has 0 bridgehead atoms. The van der Waals surface area contributed by atoms with Crippen molar-refractivity contribution in [2.24, 2.45) is 7.05 Å². The van der Waals surface area contributed by atoms with E-state index >= 15 is 0 Å². The average Bonchev–Trinajstić information content (AvgIpc) is 2.42. The molecule has 0 aliphatic rings. The third-order valence-electron chi connectivity index (χ3n) is 2.50. The smallest absolute Gasteiger partial charge is 0.301 e. The zero-order valence-electron chi connectivity index (χ0n) is 8.70. The normalized spacial score (nSPS) is 11.1. The van der Waals surface area contributed by atoms with Gasteiger partial charge in [0.15, 0.2) is 5.52 Å². The van der Waals surface area contributed by atoms with Crippen LogP contribution in [0.4, 0.5) is 0 Å². The summed E-state index contributed by atoms with van der Waals surface area (Å²) in [5.41, 5.74) is 2.06. The highest BCUT2D eigenvalue weighted by Crippen LogP contribution is 2.13. The molecule has 0 fully saturated rings. The minimum Gasteiger partial charge on any atom is -0.710 e. The molecule has 0 aromatic carbocycles. The maximum Gasteiger partial charge on any atom is 0.301 e. The minimum absolute atomic E-state index is 0.456. The molecule has 0 radical (unpaired) electrons. The van der Waals surface area contributed by atoms with Gasteiger partial charge in [-0.2, -0.15) is 0 Å². The third-order valence-corrected chi connectivity index (χ3v) is 2.50. The fourth-order valence-corrected chi connectivity index (χ4v) is 1.51. The Balaban J connectivity index is 2.98. The second-order valence-corrected chi connectivity index (χ2v) is 3.43. The van der Waals surface area contributed by atoms with Crippen molar-refractivity contribution in [1.82, 2.24) is 14.5 Å². The lowest BCUT2D eigenvalue weighted by molar-refractivity contribution is -0.621. The Labute approximate surface area is 81.6 Å². The maximum absolute atomic E-state index is 11.5. The molecule has 0 saturated carbocycles. The van der Waals surface area contributed by atoms with Gasteiger partial charge in [-0.1, -0.05) is 0 Å². The Morgan fingerprint density at radius 1 is 1.21 bits per heavy atom. The minimum atomic E-state index is 0.456. The van der Waals surface area contributed by atoms with E-state index in [2.05, 4.69) is 9.97 Å². The molecule has 74 valence electrons. The predicted octanol–water partition coefficient (Wildman–Crippen LogP) is 0.527. The van der Waals surface area contributed by atoms with E-state index in [0.29, 0.717) is 17.0 Å². The fraction of sp³-hybridized carbons (Fsp3) is 0.444. The van der Waals surface area contributed by atoms with Crippen LogP contribution in [0.1, 0.15) is 17.3 Å². The fourth-order valence-electron chi connectivity index (χ4n) is 1.51. The number of aromatic nitrogens is 4.